The van der Waals surface area contributed by atoms with E-state index in [1.807, 2.05) is 56.0 Å². The fourth-order valence-corrected chi connectivity index (χ4v) is 3.02. The average molecular weight is 331 g/mol. The minimum atomic E-state index is -0.294. The second-order valence-electron chi connectivity index (χ2n) is 6.99. The molecule has 1 aliphatic heterocycles. The normalized spacial score (nSPS) is 18.3. The lowest BCUT2D eigenvalue weighted by Crippen LogP contribution is -2.49. The molecule has 132 valence electrons. The molecule has 2 unspecified atom stereocenters. The monoisotopic (exact) mass is 331 g/mol. The molecule has 1 heterocycles. The van der Waals surface area contributed by atoms with Crippen molar-refractivity contribution in [2.75, 3.05) is 13.1 Å². The van der Waals surface area contributed by atoms with Gasteiger partial charge in [0.1, 0.15) is 0 Å². The summed E-state index contributed by atoms with van der Waals surface area (Å²) >= 11 is 0. The van der Waals surface area contributed by atoms with E-state index in [0.717, 1.165) is 18.4 Å². The molecular formula is C19H29N3O2. The molecule has 0 aromatic heterocycles. The molecule has 2 atom stereocenters. The summed E-state index contributed by atoms with van der Waals surface area (Å²) in [7, 11) is 0. The highest BCUT2D eigenvalue weighted by molar-refractivity contribution is 5.80. The zero-order valence-corrected chi connectivity index (χ0v) is 14.9. The predicted octanol–water partition coefficient (Wildman–Crippen LogP) is 2.09. The molecule has 24 heavy (non-hydrogen) atoms. The summed E-state index contributed by atoms with van der Waals surface area (Å²) in [6.07, 6.45) is 1.61. The Bertz CT molecular complexity index is 551. The second-order valence-corrected chi connectivity index (χ2v) is 6.99. The number of carbonyl (C=O) groups is 2. The van der Waals surface area contributed by atoms with Gasteiger partial charge in [0, 0.05) is 31.1 Å². The third-order valence-electron chi connectivity index (χ3n) is 4.79. The highest BCUT2D eigenvalue weighted by atomic mass is 16.2. The Morgan fingerprint density at radius 2 is 1.71 bits per heavy atom. The Morgan fingerprint density at radius 3 is 2.25 bits per heavy atom. The van der Waals surface area contributed by atoms with Gasteiger partial charge < -0.3 is 16.0 Å². The van der Waals surface area contributed by atoms with E-state index < -0.39 is 0 Å². The zero-order chi connectivity index (χ0) is 17.7. The Labute approximate surface area is 144 Å². The molecule has 1 aromatic rings. The smallest absolute Gasteiger partial charge is 0.227 e. The van der Waals surface area contributed by atoms with E-state index in [9.17, 15) is 9.59 Å². The van der Waals surface area contributed by atoms with Crippen LogP contribution in [0.25, 0.3) is 0 Å². The molecule has 0 bridgehead atoms. The van der Waals surface area contributed by atoms with Crippen molar-refractivity contribution in [3.8, 4) is 0 Å². The van der Waals surface area contributed by atoms with Gasteiger partial charge in [-0.15, -0.1) is 0 Å². The van der Waals surface area contributed by atoms with Crippen LogP contribution < -0.4 is 11.1 Å². The molecular weight excluding hydrogens is 302 g/mol. The largest absolute Gasteiger partial charge is 0.353 e. The summed E-state index contributed by atoms with van der Waals surface area (Å²) in [6.45, 7) is 7.02. The van der Waals surface area contributed by atoms with Gasteiger partial charge in [-0.1, -0.05) is 51.1 Å². The van der Waals surface area contributed by atoms with Crippen molar-refractivity contribution in [2.45, 2.75) is 45.7 Å². The maximum absolute atomic E-state index is 12.7. The molecule has 2 rings (SSSR count). The molecule has 1 fully saturated rings. The van der Waals surface area contributed by atoms with Crippen molar-refractivity contribution < 1.29 is 9.59 Å². The van der Waals surface area contributed by atoms with E-state index in [2.05, 4.69) is 5.32 Å². The molecule has 0 radical (unpaired) electrons. The van der Waals surface area contributed by atoms with Crippen LogP contribution in [0.15, 0.2) is 30.3 Å². The standard InChI is InChI=1S/C19H29N3O2/c1-13(2)18(23)21-16-9-11-22(12-10-16)19(24)14(3)17(20)15-7-5-4-6-8-15/h4-8,13-14,16-17H,9-12,20H2,1-3H3,(H,21,23). The molecule has 1 aliphatic rings. The first-order valence-electron chi connectivity index (χ1n) is 8.79. The number of nitrogens with one attached hydrogen (secondary N) is 1. The van der Waals surface area contributed by atoms with E-state index in [4.69, 9.17) is 5.73 Å². The Kier molecular flexibility index (Phi) is 6.37. The Balaban J connectivity index is 1.87. The number of hydrogen-bond acceptors (Lipinski definition) is 3. The predicted molar refractivity (Wildman–Crippen MR) is 95.1 cm³/mol. The summed E-state index contributed by atoms with van der Waals surface area (Å²) < 4.78 is 0. The van der Waals surface area contributed by atoms with Gasteiger partial charge in [0.25, 0.3) is 0 Å². The van der Waals surface area contributed by atoms with Crippen molar-refractivity contribution in [2.24, 2.45) is 17.6 Å². The van der Waals surface area contributed by atoms with Crippen LogP contribution in [0.4, 0.5) is 0 Å². The van der Waals surface area contributed by atoms with Crippen LogP contribution in [0.3, 0.4) is 0 Å². The minimum absolute atomic E-state index is 0.00597. The first kappa shape index (κ1) is 18.5. The third kappa shape index (κ3) is 4.57. The van der Waals surface area contributed by atoms with Gasteiger partial charge in [0.15, 0.2) is 0 Å². The van der Waals surface area contributed by atoms with Crippen LogP contribution >= 0.6 is 0 Å². The quantitative estimate of drug-likeness (QED) is 0.867. The fraction of sp³-hybridized carbons (Fsp3) is 0.579. The lowest BCUT2D eigenvalue weighted by atomic mass is 9.93. The van der Waals surface area contributed by atoms with Crippen molar-refractivity contribution in [3.05, 3.63) is 35.9 Å². The molecule has 0 spiro atoms. The molecule has 5 nitrogen and oxygen atoms in total. The van der Waals surface area contributed by atoms with Gasteiger partial charge in [-0.05, 0) is 18.4 Å². The number of benzene rings is 1. The summed E-state index contributed by atoms with van der Waals surface area (Å²) in [4.78, 5) is 26.4. The number of piperidine rings is 1. The Hall–Kier alpha value is -1.88. The van der Waals surface area contributed by atoms with Gasteiger partial charge in [0.05, 0.1) is 5.92 Å². The van der Waals surface area contributed by atoms with E-state index in [0.29, 0.717) is 13.1 Å². The lowest BCUT2D eigenvalue weighted by molar-refractivity contribution is -0.137. The van der Waals surface area contributed by atoms with Crippen molar-refractivity contribution in [1.82, 2.24) is 10.2 Å². The van der Waals surface area contributed by atoms with Gasteiger partial charge >= 0.3 is 0 Å². The van der Waals surface area contributed by atoms with E-state index in [1.165, 1.54) is 0 Å². The van der Waals surface area contributed by atoms with Gasteiger partial charge in [0.2, 0.25) is 11.8 Å². The van der Waals surface area contributed by atoms with Crippen LogP contribution in [0.5, 0.6) is 0 Å². The van der Waals surface area contributed by atoms with Crippen molar-refractivity contribution in [1.29, 1.82) is 0 Å². The summed E-state index contributed by atoms with van der Waals surface area (Å²) in [5.41, 5.74) is 7.25. The molecule has 1 saturated heterocycles. The second kappa shape index (κ2) is 8.29. The summed E-state index contributed by atoms with van der Waals surface area (Å²) in [6, 6.07) is 9.62. The van der Waals surface area contributed by atoms with Crippen LogP contribution in [0.2, 0.25) is 0 Å². The first-order valence-corrected chi connectivity index (χ1v) is 8.79. The highest BCUT2D eigenvalue weighted by Gasteiger charge is 2.30. The van der Waals surface area contributed by atoms with E-state index in [-0.39, 0.29) is 35.7 Å². The molecule has 0 aliphatic carbocycles. The fourth-order valence-electron chi connectivity index (χ4n) is 3.02. The topological polar surface area (TPSA) is 75.4 Å². The number of rotatable bonds is 5. The average Bonchev–Trinajstić information content (AvgIpc) is 2.61. The van der Waals surface area contributed by atoms with Crippen molar-refractivity contribution in [3.63, 3.8) is 0 Å². The number of likely N-dealkylation sites (tertiary alicyclic amines) is 1. The molecule has 1 aromatic carbocycles. The van der Waals surface area contributed by atoms with E-state index in [1.54, 1.807) is 0 Å². The van der Waals surface area contributed by atoms with Gasteiger partial charge in [-0.2, -0.15) is 0 Å². The first-order chi connectivity index (χ1) is 11.4. The SMILES string of the molecule is CC(C)C(=O)NC1CCN(C(=O)C(C)C(N)c2ccccc2)CC1. The maximum atomic E-state index is 12.7. The Morgan fingerprint density at radius 1 is 1.12 bits per heavy atom. The van der Waals surface area contributed by atoms with Gasteiger partial charge in [-0.25, -0.2) is 0 Å². The van der Waals surface area contributed by atoms with Crippen molar-refractivity contribution >= 4 is 11.8 Å². The van der Waals surface area contributed by atoms with Crippen LogP contribution in [-0.4, -0.2) is 35.8 Å². The lowest BCUT2D eigenvalue weighted by Gasteiger charge is -2.35. The van der Waals surface area contributed by atoms with Crippen LogP contribution in [0, 0.1) is 11.8 Å². The summed E-state index contributed by atoms with van der Waals surface area (Å²) in [5.74, 6) is -0.0815. The van der Waals surface area contributed by atoms with Gasteiger partial charge in [-0.3, -0.25) is 9.59 Å². The maximum Gasteiger partial charge on any atom is 0.227 e. The third-order valence-corrected chi connectivity index (χ3v) is 4.79. The summed E-state index contributed by atoms with van der Waals surface area (Å²) in [5, 5.41) is 3.05. The number of hydrogen-bond donors (Lipinski definition) is 2. The molecule has 5 heteroatoms. The number of nitrogens with two attached hydrogens (primary N) is 1. The zero-order valence-electron chi connectivity index (χ0n) is 14.9. The molecule has 2 amide bonds. The number of nitrogens with zero attached hydrogens (tertiary/aromatic N) is 1. The number of carbonyl (C=O) groups excluding carboxylic acids is 2. The highest BCUT2D eigenvalue weighted by Crippen LogP contribution is 2.23. The number of amides is 2. The molecule has 3 N–H and O–H groups in total. The minimum Gasteiger partial charge on any atom is -0.353 e. The van der Waals surface area contributed by atoms with Crippen LogP contribution in [0.1, 0.15) is 45.2 Å². The molecule has 0 saturated carbocycles. The van der Waals surface area contributed by atoms with Crippen LogP contribution in [-0.2, 0) is 9.59 Å². The van der Waals surface area contributed by atoms with E-state index >= 15 is 0 Å².